The maximum atomic E-state index is 6.16. The monoisotopic (exact) mass is 328 g/mol. The van der Waals surface area contributed by atoms with Crippen molar-refractivity contribution in [1.82, 2.24) is 9.55 Å². The molecule has 2 unspecified atom stereocenters. The van der Waals surface area contributed by atoms with Crippen molar-refractivity contribution in [2.24, 2.45) is 5.92 Å². The topological polar surface area (TPSA) is 29.9 Å². The van der Waals surface area contributed by atoms with Gasteiger partial charge < -0.3 is 14.3 Å². The van der Waals surface area contributed by atoms with E-state index in [0.717, 1.165) is 28.8 Å². The molecular weight excluding hydrogens is 315 g/mol. The first-order valence-electron chi connectivity index (χ1n) is 6.86. The molecule has 0 amide bonds. The van der Waals surface area contributed by atoms with Gasteiger partial charge in [0.15, 0.2) is 4.77 Å². The van der Waals surface area contributed by atoms with E-state index in [-0.39, 0.29) is 6.10 Å². The number of nitrogens with one attached hydrogen (secondary N) is 1. The molecular formula is C14H14Cl2N2OS. The maximum absolute atomic E-state index is 6.16. The van der Waals surface area contributed by atoms with Crippen LogP contribution in [0.5, 0.6) is 0 Å². The second-order valence-electron chi connectivity index (χ2n) is 5.61. The summed E-state index contributed by atoms with van der Waals surface area (Å²) in [4.78, 5) is 3.23. The van der Waals surface area contributed by atoms with Crippen molar-refractivity contribution in [2.75, 3.05) is 6.61 Å². The van der Waals surface area contributed by atoms with Gasteiger partial charge in [-0.25, -0.2) is 0 Å². The summed E-state index contributed by atoms with van der Waals surface area (Å²) in [6.07, 6.45) is 3.82. The van der Waals surface area contributed by atoms with E-state index < -0.39 is 0 Å². The number of rotatable bonds is 2. The van der Waals surface area contributed by atoms with E-state index >= 15 is 0 Å². The van der Waals surface area contributed by atoms with Gasteiger partial charge in [0.1, 0.15) is 0 Å². The predicted molar refractivity (Wildman–Crippen MR) is 83.3 cm³/mol. The number of aromatic amines is 1. The number of nitrogens with zero attached hydrogens (tertiary/aromatic N) is 1. The molecule has 0 spiro atoms. The first-order valence-corrected chi connectivity index (χ1v) is 8.02. The van der Waals surface area contributed by atoms with Crippen LogP contribution in [0, 0.1) is 10.7 Å². The van der Waals surface area contributed by atoms with Crippen molar-refractivity contribution in [3.8, 4) is 0 Å². The van der Waals surface area contributed by atoms with Crippen LogP contribution in [0.4, 0.5) is 0 Å². The van der Waals surface area contributed by atoms with Gasteiger partial charge in [-0.1, -0.05) is 23.2 Å². The van der Waals surface area contributed by atoms with Crippen molar-refractivity contribution in [3.05, 3.63) is 26.9 Å². The van der Waals surface area contributed by atoms with Crippen molar-refractivity contribution in [2.45, 2.75) is 31.4 Å². The van der Waals surface area contributed by atoms with Crippen molar-refractivity contribution < 1.29 is 4.74 Å². The van der Waals surface area contributed by atoms with Crippen LogP contribution < -0.4 is 0 Å². The van der Waals surface area contributed by atoms with Gasteiger partial charge in [0.25, 0.3) is 0 Å². The standard InChI is InChI=1S/C14H14Cl2N2OS/c15-8-5-10-12(6-9(8)16)18(14(20)17-10)11-3-4-19-13(11)7-1-2-7/h5-7,11,13H,1-4H2,(H,17,20). The number of hydrogen-bond donors (Lipinski definition) is 1. The van der Waals surface area contributed by atoms with Crippen LogP contribution in [0.2, 0.25) is 10.0 Å². The zero-order valence-corrected chi connectivity index (χ0v) is 13.1. The van der Waals surface area contributed by atoms with Crippen LogP contribution in [0.25, 0.3) is 11.0 Å². The molecule has 1 aliphatic carbocycles. The molecule has 6 heteroatoms. The van der Waals surface area contributed by atoms with Gasteiger partial charge in [-0.2, -0.15) is 0 Å². The van der Waals surface area contributed by atoms with Crippen LogP contribution >= 0.6 is 35.4 Å². The van der Waals surface area contributed by atoms with Gasteiger partial charge in [-0.3, -0.25) is 0 Å². The minimum atomic E-state index is 0.287. The lowest BCUT2D eigenvalue weighted by atomic mass is 10.1. The van der Waals surface area contributed by atoms with Crippen LogP contribution in [0.15, 0.2) is 12.1 Å². The molecule has 0 bridgehead atoms. The predicted octanol–water partition coefficient (Wildman–Crippen LogP) is 4.75. The summed E-state index contributed by atoms with van der Waals surface area (Å²) in [7, 11) is 0. The number of halogens is 2. The molecule has 1 aromatic heterocycles. The van der Waals surface area contributed by atoms with Crippen molar-refractivity contribution in [1.29, 1.82) is 0 Å². The molecule has 2 aliphatic rings. The molecule has 3 nitrogen and oxygen atoms in total. The number of imidazole rings is 1. The quantitative estimate of drug-likeness (QED) is 0.806. The molecule has 0 radical (unpaired) electrons. The zero-order valence-electron chi connectivity index (χ0n) is 10.7. The maximum Gasteiger partial charge on any atom is 0.178 e. The summed E-state index contributed by atoms with van der Waals surface area (Å²) >= 11 is 17.7. The number of benzene rings is 1. The lowest BCUT2D eigenvalue weighted by molar-refractivity contribution is 0.0756. The van der Waals surface area contributed by atoms with Crippen LogP contribution in [-0.2, 0) is 4.74 Å². The fourth-order valence-electron chi connectivity index (χ4n) is 3.20. The van der Waals surface area contributed by atoms with E-state index in [1.807, 2.05) is 12.1 Å². The molecule has 2 fully saturated rings. The third-order valence-corrected chi connectivity index (χ3v) is 5.30. The number of fused-ring (bicyclic) bond motifs is 1. The Hall–Kier alpha value is -0.550. The van der Waals surface area contributed by atoms with E-state index in [0.29, 0.717) is 22.0 Å². The fourth-order valence-corrected chi connectivity index (χ4v) is 3.87. The molecule has 1 saturated heterocycles. The van der Waals surface area contributed by atoms with E-state index in [4.69, 9.17) is 40.2 Å². The van der Waals surface area contributed by atoms with Crippen molar-refractivity contribution in [3.63, 3.8) is 0 Å². The Labute approximate surface area is 131 Å². The molecule has 4 rings (SSSR count). The van der Waals surface area contributed by atoms with Gasteiger partial charge >= 0.3 is 0 Å². The van der Waals surface area contributed by atoms with E-state index in [2.05, 4.69) is 9.55 Å². The number of aromatic nitrogens is 2. The molecule has 106 valence electrons. The summed E-state index contributed by atoms with van der Waals surface area (Å²) < 4.78 is 8.82. The van der Waals surface area contributed by atoms with Gasteiger partial charge in [0.2, 0.25) is 0 Å². The van der Waals surface area contributed by atoms with Gasteiger partial charge in [0.05, 0.1) is 33.2 Å². The third kappa shape index (κ3) is 2.01. The van der Waals surface area contributed by atoms with Crippen LogP contribution in [-0.4, -0.2) is 22.3 Å². The highest BCUT2D eigenvalue weighted by Crippen LogP contribution is 2.44. The molecule has 1 aromatic carbocycles. The Morgan fingerprint density at radius 3 is 2.70 bits per heavy atom. The minimum absolute atomic E-state index is 0.287. The third-order valence-electron chi connectivity index (χ3n) is 4.28. The number of hydrogen-bond acceptors (Lipinski definition) is 2. The molecule has 2 heterocycles. The van der Waals surface area contributed by atoms with Crippen LogP contribution in [0.1, 0.15) is 25.3 Å². The summed E-state index contributed by atoms with van der Waals surface area (Å²) in [5.41, 5.74) is 1.95. The fraction of sp³-hybridized carbons (Fsp3) is 0.500. The Bertz CT molecular complexity index is 735. The van der Waals surface area contributed by atoms with Gasteiger partial charge in [-0.15, -0.1) is 0 Å². The summed E-state index contributed by atoms with van der Waals surface area (Å²) in [6.45, 7) is 0.807. The normalized spacial score (nSPS) is 26.5. The first-order chi connectivity index (χ1) is 9.65. The molecule has 1 saturated carbocycles. The molecule has 2 atom stereocenters. The highest BCUT2D eigenvalue weighted by Gasteiger charge is 2.42. The Morgan fingerprint density at radius 2 is 1.95 bits per heavy atom. The van der Waals surface area contributed by atoms with Gasteiger partial charge in [-0.05, 0) is 49.5 Å². The Balaban J connectivity index is 1.88. The van der Waals surface area contributed by atoms with Gasteiger partial charge in [0, 0.05) is 6.61 Å². The molecule has 20 heavy (non-hydrogen) atoms. The van der Waals surface area contributed by atoms with E-state index in [9.17, 15) is 0 Å². The number of H-pyrrole nitrogens is 1. The molecule has 1 aliphatic heterocycles. The highest BCUT2D eigenvalue weighted by atomic mass is 35.5. The largest absolute Gasteiger partial charge is 0.376 e. The van der Waals surface area contributed by atoms with Crippen LogP contribution in [0.3, 0.4) is 0 Å². The van der Waals surface area contributed by atoms with E-state index in [1.165, 1.54) is 12.8 Å². The lowest BCUT2D eigenvalue weighted by Crippen LogP contribution is -2.22. The van der Waals surface area contributed by atoms with Crippen molar-refractivity contribution >= 4 is 46.5 Å². The minimum Gasteiger partial charge on any atom is -0.376 e. The summed E-state index contributed by atoms with van der Waals surface area (Å²) in [5, 5.41) is 1.10. The van der Waals surface area contributed by atoms with E-state index in [1.54, 1.807) is 0 Å². The first kappa shape index (κ1) is 13.1. The Kier molecular flexibility index (Phi) is 3.11. The molecule has 2 aromatic rings. The second-order valence-corrected chi connectivity index (χ2v) is 6.81. The average molecular weight is 329 g/mol. The SMILES string of the molecule is S=c1[nH]c2cc(Cl)c(Cl)cc2n1C1CCOC1C1CC1. The highest BCUT2D eigenvalue weighted by molar-refractivity contribution is 7.71. The number of ether oxygens (including phenoxy) is 1. The second kappa shape index (κ2) is 4.73. The summed E-state index contributed by atoms with van der Waals surface area (Å²) in [5.74, 6) is 0.692. The lowest BCUT2D eigenvalue weighted by Gasteiger charge is -2.20. The zero-order chi connectivity index (χ0) is 13.9. The summed E-state index contributed by atoms with van der Waals surface area (Å²) in [6, 6.07) is 4.04. The smallest absolute Gasteiger partial charge is 0.178 e. The Morgan fingerprint density at radius 1 is 1.20 bits per heavy atom. The average Bonchev–Trinajstić information content (AvgIpc) is 3.06. The molecule has 1 N–H and O–H groups in total.